The van der Waals surface area contributed by atoms with Crippen molar-refractivity contribution in [2.45, 2.75) is 19.4 Å². The van der Waals surface area contributed by atoms with Crippen molar-refractivity contribution in [1.82, 2.24) is 19.4 Å². The molecule has 2 heterocycles. The summed E-state index contributed by atoms with van der Waals surface area (Å²) in [5.41, 5.74) is 0.346. The first-order valence-corrected chi connectivity index (χ1v) is 9.30. The quantitative estimate of drug-likeness (QED) is 0.753. The van der Waals surface area contributed by atoms with Crippen LogP contribution >= 0.6 is 15.9 Å². The van der Waals surface area contributed by atoms with Gasteiger partial charge in [-0.1, -0.05) is 15.9 Å². The molecule has 0 spiro atoms. The number of carbonyl (C=O) groups excluding carboxylic acids is 2. The number of piperidine rings is 1. The molecule has 2 aromatic rings. The number of rotatable bonds is 3. The van der Waals surface area contributed by atoms with Crippen LogP contribution in [0, 0.1) is 5.92 Å². The number of aromatic nitrogens is 2. The second-order valence-electron chi connectivity index (χ2n) is 6.75. The lowest BCUT2D eigenvalue weighted by Gasteiger charge is -2.33. The Kier molecular flexibility index (Phi) is 5.41. The average molecular weight is 421 g/mol. The first-order chi connectivity index (χ1) is 12.4. The average Bonchev–Trinajstić information content (AvgIpc) is 2.63. The van der Waals surface area contributed by atoms with Crippen molar-refractivity contribution in [3.05, 3.63) is 39.4 Å². The zero-order valence-corrected chi connectivity index (χ0v) is 16.4. The summed E-state index contributed by atoms with van der Waals surface area (Å²) in [6, 6.07) is 5.29. The summed E-state index contributed by atoms with van der Waals surface area (Å²) in [7, 11) is 3.45. The number of halogens is 1. The zero-order valence-electron chi connectivity index (χ0n) is 14.8. The molecule has 7 nitrogen and oxygen atoms in total. The molecule has 0 bridgehead atoms. The van der Waals surface area contributed by atoms with Crippen LogP contribution in [-0.4, -0.2) is 58.4 Å². The largest absolute Gasteiger partial charge is 0.349 e. The third-order valence-corrected chi connectivity index (χ3v) is 5.15. The maximum absolute atomic E-state index is 12.7. The minimum atomic E-state index is -0.248. The van der Waals surface area contributed by atoms with Gasteiger partial charge in [0, 0.05) is 31.7 Å². The van der Waals surface area contributed by atoms with E-state index in [0.29, 0.717) is 24.0 Å². The van der Waals surface area contributed by atoms with E-state index in [-0.39, 0.29) is 29.8 Å². The SMILES string of the molecule is CN(C)C(=O)C1CCCN(C(=O)Cn2cnc3ccc(Br)cc3c2=O)C1. The summed E-state index contributed by atoms with van der Waals surface area (Å²) in [5.74, 6) is -0.304. The van der Waals surface area contributed by atoms with Crippen molar-refractivity contribution in [2.24, 2.45) is 5.92 Å². The molecule has 1 aliphatic rings. The second kappa shape index (κ2) is 7.57. The Morgan fingerprint density at radius 1 is 1.35 bits per heavy atom. The fraction of sp³-hybridized carbons (Fsp3) is 0.444. The predicted octanol–water partition coefficient (Wildman–Crippen LogP) is 1.49. The molecule has 3 rings (SSSR count). The second-order valence-corrected chi connectivity index (χ2v) is 7.67. The van der Waals surface area contributed by atoms with Crippen molar-refractivity contribution in [3.8, 4) is 0 Å². The maximum atomic E-state index is 12.7. The number of likely N-dealkylation sites (tertiary alicyclic amines) is 1. The van der Waals surface area contributed by atoms with Crippen LogP contribution in [0.4, 0.5) is 0 Å². The van der Waals surface area contributed by atoms with Gasteiger partial charge in [-0.2, -0.15) is 0 Å². The highest BCUT2D eigenvalue weighted by Crippen LogP contribution is 2.19. The van der Waals surface area contributed by atoms with Gasteiger partial charge in [-0.25, -0.2) is 4.98 Å². The molecule has 1 atom stereocenters. The van der Waals surface area contributed by atoms with E-state index in [1.54, 1.807) is 36.0 Å². The van der Waals surface area contributed by atoms with Crippen molar-refractivity contribution < 1.29 is 9.59 Å². The number of benzene rings is 1. The number of fused-ring (bicyclic) bond motifs is 1. The van der Waals surface area contributed by atoms with E-state index in [1.165, 1.54) is 10.9 Å². The number of hydrogen-bond donors (Lipinski definition) is 0. The Morgan fingerprint density at radius 2 is 2.12 bits per heavy atom. The molecule has 1 unspecified atom stereocenters. The van der Waals surface area contributed by atoms with Crippen LogP contribution in [0.5, 0.6) is 0 Å². The Balaban J connectivity index is 1.77. The van der Waals surface area contributed by atoms with Crippen molar-refractivity contribution in [1.29, 1.82) is 0 Å². The molecule has 0 aliphatic carbocycles. The molecule has 1 aromatic carbocycles. The van der Waals surface area contributed by atoms with E-state index in [1.807, 2.05) is 6.07 Å². The van der Waals surface area contributed by atoms with Gasteiger partial charge in [-0.15, -0.1) is 0 Å². The number of amides is 2. The van der Waals surface area contributed by atoms with Crippen molar-refractivity contribution in [2.75, 3.05) is 27.2 Å². The molecule has 8 heteroatoms. The Morgan fingerprint density at radius 3 is 2.85 bits per heavy atom. The first kappa shape index (κ1) is 18.6. The van der Waals surface area contributed by atoms with Crippen molar-refractivity contribution >= 4 is 38.6 Å². The summed E-state index contributed by atoms with van der Waals surface area (Å²) >= 11 is 3.35. The van der Waals surface area contributed by atoms with Crippen LogP contribution in [0.25, 0.3) is 10.9 Å². The van der Waals surface area contributed by atoms with Gasteiger partial charge in [-0.3, -0.25) is 19.0 Å². The summed E-state index contributed by atoms with van der Waals surface area (Å²) in [4.78, 5) is 45.0. The molecular formula is C18H21BrN4O3. The minimum Gasteiger partial charge on any atom is -0.349 e. The lowest BCUT2D eigenvalue weighted by molar-refractivity contribution is -0.139. The Bertz CT molecular complexity index is 909. The van der Waals surface area contributed by atoms with Crippen LogP contribution < -0.4 is 5.56 Å². The summed E-state index contributed by atoms with van der Waals surface area (Å²) in [5, 5.41) is 0.467. The van der Waals surface area contributed by atoms with Gasteiger partial charge in [-0.05, 0) is 31.0 Å². The topological polar surface area (TPSA) is 75.5 Å². The molecule has 0 radical (unpaired) electrons. The van der Waals surface area contributed by atoms with Crippen LogP contribution in [0.2, 0.25) is 0 Å². The lowest BCUT2D eigenvalue weighted by atomic mass is 9.96. The van der Waals surface area contributed by atoms with Gasteiger partial charge in [0.05, 0.1) is 23.1 Å². The Hall–Kier alpha value is -2.22. The molecule has 2 amide bonds. The maximum Gasteiger partial charge on any atom is 0.261 e. The van der Waals surface area contributed by atoms with Crippen LogP contribution in [-0.2, 0) is 16.1 Å². The van der Waals surface area contributed by atoms with E-state index >= 15 is 0 Å². The van der Waals surface area contributed by atoms with Gasteiger partial charge in [0.1, 0.15) is 6.54 Å². The smallest absolute Gasteiger partial charge is 0.261 e. The van der Waals surface area contributed by atoms with E-state index in [2.05, 4.69) is 20.9 Å². The lowest BCUT2D eigenvalue weighted by Crippen LogP contribution is -2.46. The summed E-state index contributed by atoms with van der Waals surface area (Å²) < 4.78 is 2.11. The molecule has 26 heavy (non-hydrogen) atoms. The van der Waals surface area contributed by atoms with Gasteiger partial charge in [0.25, 0.3) is 5.56 Å². The molecular weight excluding hydrogens is 400 g/mol. The molecule has 138 valence electrons. The van der Waals surface area contributed by atoms with Gasteiger partial charge < -0.3 is 9.80 Å². The zero-order chi connectivity index (χ0) is 18.8. The van der Waals surface area contributed by atoms with Gasteiger partial charge in [0.15, 0.2) is 0 Å². The summed E-state index contributed by atoms with van der Waals surface area (Å²) in [6.07, 6.45) is 2.98. The van der Waals surface area contributed by atoms with E-state index in [0.717, 1.165) is 17.3 Å². The van der Waals surface area contributed by atoms with E-state index in [9.17, 15) is 14.4 Å². The highest BCUT2D eigenvalue weighted by Gasteiger charge is 2.29. The first-order valence-electron chi connectivity index (χ1n) is 8.50. The highest BCUT2D eigenvalue weighted by atomic mass is 79.9. The normalized spacial score (nSPS) is 17.3. The molecule has 1 aliphatic heterocycles. The third-order valence-electron chi connectivity index (χ3n) is 4.66. The monoisotopic (exact) mass is 420 g/mol. The van der Waals surface area contributed by atoms with E-state index in [4.69, 9.17) is 0 Å². The van der Waals surface area contributed by atoms with Gasteiger partial charge in [0.2, 0.25) is 11.8 Å². The van der Waals surface area contributed by atoms with Gasteiger partial charge >= 0.3 is 0 Å². The standard InChI is InChI=1S/C18H21BrN4O3/c1-21(2)17(25)12-4-3-7-22(9-12)16(24)10-23-11-20-15-6-5-13(19)8-14(15)18(23)26/h5-6,8,11-12H,3-4,7,9-10H2,1-2H3. The van der Waals surface area contributed by atoms with Crippen LogP contribution in [0.15, 0.2) is 33.8 Å². The minimum absolute atomic E-state index is 0.0388. The number of carbonyl (C=O) groups is 2. The van der Waals surface area contributed by atoms with Crippen molar-refractivity contribution in [3.63, 3.8) is 0 Å². The predicted molar refractivity (Wildman–Crippen MR) is 102 cm³/mol. The Labute approximate surface area is 159 Å². The molecule has 1 saturated heterocycles. The van der Waals surface area contributed by atoms with Crippen LogP contribution in [0.1, 0.15) is 12.8 Å². The summed E-state index contributed by atoms with van der Waals surface area (Å²) in [6.45, 7) is 0.936. The fourth-order valence-electron chi connectivity index (χ4n) is 3.26. The van der Waals surface area contributed by atoms with Crippen LogP contribution in [0.3, 0.4) is 0 Å². The number of hydrogen-bond acceptors (Lipinski definition) is 4. The molecule has 0 saturated carbocycles. The molecule has 1 fully saturated rings. The molecule has 1 aromatic heterocycles. The fourth-order valence-corrected chi connectivity index (χ4v) is 3.62. The molecule has 0 N–H and O–H groups in total. The van der Waals surface area contributed by atoms with E-state index < -0.39 is 0 Å². The third kappa shape index (κ3) is 3.80. The number of nitrogens with zero attached hydrogens (tertiary/aromatic N) is 4. The highest BCUT2D eigenvalue weighted by molar-refractivity contribution is 9.10.